The van der Waals surface area contributed by atoms with Gasteiger partial charge in [0.25, 0.3) is 0 Å². The van der Waals surface area contributed by atoms with Crippen molar-refractivity contribution in [2.45, 2.75) is 39.8 Å². The highest BCUT2D eigenvalue weighted by molar-refractivity contribution is 5.51. The van der Waals surface area contributed by atoms with Crippen LogP contribution in [0.5, 0.6) is 0 Å². The van der Waals surface area contributed by atoms with Crippen LogP contribution < -0.4 is 10.2 Å². The summed E-state index contributed by atoms with van der Waals surface area (Å²) in [5.74, 6) is -0.970. The Bertz CT molecular complexity index is 434. The second kappa shape index (κ2) is 5.08. The average molecular weight is 268 g/mol. The van der Waals surface area contributed by atoms with Gasteiger partial charge in [0, 0.05) is 25.2 Å². The summed E-state index contributed by atoms with van der Waals surface area (Å²) in [6.07, 6.45) is 0. The van der Waals surface area contributed by atoms with Crippen LogP contribution in [0.1, 0.15) is 27.7 Å². The molecule has 1 aromatic rings. The normalized spacial score (nSPS) is 24.6. The number of anilines is 1. The summed E-state index contributed by atoms with van der Waals surface area (Å²) in [5, 5.41) is 3.46. The molecule has 0 bridgehead atoms. The van der Waals surface area contributed by atoms with E-state index in [0.717, 1.165) is 6.54 Å². The van der Waals surface area contributed by atoms with Gasteiger partial charge in [0.2, 0.25) is 0 Å². The highest BCUT2D eigenvalue weighted by Gasteiger charge is 2.34. The maximum Gasteiger partial charge on any atom is 0.149 e. The third-order valence-electron chi connectivity index (χ3n) is 3.84. The zero-order chi connectivity index (χ0) is 14.2. The topological polar surface area (TPSA) is 15.3 Å². The molecule has 0 radical (unpaired) electrons. The first kappa shape index (κ1) is 14.3. The molecule has 0 spiro atoms. The summed E-state index contributed by atoms with van der Waals surface area (Å²) in [4.78, 5) is 1.84. The third kappa shape index (κ3) is 2.89. The molecular weight excluding hydrogens is 246 g/mol. The molecule has 0 amide bonds. The van der Waals surface area contributed by atoms with E-state index in [-0.39, 0.29) is 23.2 Å². The van der Waals surface area contributed by atoms with E-state index >= 15 is 0 Å². The van der Waals surface area contributed by atoms with Crippen LogP contribution in [0.2, 0.25) is 0 Å². The molecule has 1 heterocycles. The molecule has 106 valence electrons. The van der Waals surface area contributed by atoms with Crippen molar-refractivity contribution in [1.82, 2.24) is 5.32 Å². The molecule has 0 saturated carbocycles. The minimum Gasteiger partial charge on any atom is -0.361 e. The molecule has 2 nitrogen and oxygen atoms in total. The van der Waals surface area contributed by atoms with Gasteiger partial charge >= 0.3 is 0 Å². The molecule has 0 aliphatic carbocycles. The van der Waals surface area contributed by atoms with E-state index in [9.17, 15) is 8.78 Å². The molecule has 1 aromatic carbocycles. The number of rotatable bonds is 1. The van der Waals surface area contributed by atoms with Gasteiger partial charge in [0.1, 0.15) is 17.3 Å². The molecular formula is C15H22F2N2. The van der Waals surface area contributed by atoms with Gasteiger partial charge in [-0.15, -0.1) is 0 Å². The van der Waals surface area contributed by atoms with Crippen molar-refractivity contribution >= 4 is 5.69 Å². The van der Waals surface area contributed by atoms with E-state index < -0.39 is 11.6 Å². The zero-order valence-corrected chi connectivity index (χ0v) is 12.0. The van der Waals surface area contributed by atoms with Gasteiger partial charge in [-0.1, -0.05) is 26.8 Å². The predicted octanol–water partition coefficient (Wildman–Crippen LogP) is 3.18. The zero-order valence-electron chi connectivity index (χ0n) is 12.0. The third-order valence-corrected chi connectivity index (χ3v) is 3.84. The van der Waals surface area contributed by atoms with Crippen LogP contribution in [0.15, 0.2) is 18.2 Å². The van der Waals surface area contributed by atoms with Crippen LogP contribution in [-0.4, -0.2) is 25.2 Å². The summed E-state index contributed by atoms with van der Waals surface area (Å²) < 4.78 is 27.9. The van der Waals surface area contributed by atoms with Crippen molar-refractivity contribution in [3.8, 4) is 0 Å². The largest absolute Gasteiger partial charge is 0.361 e. The molecule has 0 aromatic heterocycles. The number of hydrogen-bond acceptors (Lipinski definition) is 2. The van der Waals surface area contributed by atoms with E-state index in [1.807, 2.05) is 11.8 Å². The lowest BCUT2D eigenvalue weighted by molar-refractivity contribution is 0.237. The smallest absolute Gasteiger partial charge is 0.149 e. The quantitative estimate of drug-likeness (QED) is 0.841. The Kier molecular flexibility index (Phi) is 3.81. The Labute approximate surface area is 113 Å². The SMILES string of the molecule is CC1CNC(C(C)(C)C)CN1c1c(F)cccc1F. The van der Waals surface area contributed by atoms with E-state index in [2.05, 4.69) is 26.1 Å². The lowest BCUT2D eigenvalue weighted by Gasteiger charge is -2.45. The van der Waals surface area contributed by atoms with E-state index in [1.54, 1.807) is 0 Å². The van der Waals surface area contributed by atoms with E-state index in [0.29, 0.717) is 6.54 Å². The molecule has 1 aliphatic heterocycles. The number of benzene rings is 1. The van der Waals surface area contributed by atoms with Crippen LogP contribution in [-0.2, 0) is 0 Å². The molecule has 1 saturated heterocycles. The fourth-order valence-electron chi connectivity index (χ4n) is 2.52. The first-order valence-electron chi connectivity index (χ1n) is 6.74. The summed E-state index contributed by atoms with van der Waals surface area (Å²) in [6, 6.07) is 4.33. The van der Waals surface area contributed by atoms with Crippen LogP contribution >= 0.6 is 0 Å². The molecule has 19 heavy (non-hydrogen) atoms. The van der Waals surface area contributed by atoms with Gasteiger partial charge in [0.15, 0.2) is 0 Å². The molecule has 1 fully saturated rings. The number of nitrogens with zero attached hydrogens (tertiary/aromatic N) is 1. The summed E-state index contributed by atoms with van der Waals surface area (Å²) in [6.45, 7) is 9.74. The Morgan fingerprint density at radius 2 is 1.79 bits per heavy atom. The van der Waals surface area contributed by atoms with E-state index in [1.165, 1.54) is 18.2 Å². The van der Waals surface area contributed by atoms with Crippen molar-refractivity contribution in [2.24, 2.45) is 5.41 Å². The molecule has 4 heteroatoms. The monoisotopic (exact) mass is 268 g/mol. The molecule has 2 atom stereocenters. The summed E-state index contributed by atoms with van der Waals surface area (Å²) in [7, 11) is 0. The van der Waals surface area contributed by atoms with Crippen LogP contribution in [0.3, 0.4) is 0 Å². The van der Waals surface area contributed by atoms with Crippen LogP contribution in [0, 0.1) is 17.0 Å². The van der Waals surface area contributed by atoms with Crippen molar-refractivity contribution in [3.05, 3.63) is 29.8 Å². The Morgan fingerprint density at radius 1 is 1.21 bits per heavy atom. The lowest BCUT2D eigenvalue weighted by atomic mass is 9.84. The number of hydrogen-bond donors (Lipinski definition) is 1. The average Bonchev–Trinajstić information content (AvgIpc) is 2.29. The van der Waals surface area contributed by atoms with Crippen molar-refractivity contribution in [3.63, 3.8) is 0 Å². The van der Waals surface area contributed by atoms with Crippen LogP contribution in [0.4, 0.5) is 14.5 Å². The second-order valence-corrected chi connectivity index (χ2v) is 6.40. The van der Waals surface area contributed by atoms with Crippen molar-refractivity contribution in [2.75, 3.05) is 18.0 Å². The molecule has 1 N–H and O–H groups in total. The predicted molar refractivity (Wildman–Crippen MR) is 74.4 cm³/mol. The number of halogens is 2. The van der Waals surface area contributed by atoms with Crippen molar-refractivity contribution < 1.29 is 8.78 Å². The van der Waals surface area contributed by atoms with Crippen molar-refractivity contribution in [1.29, 1.82) is 0 Å². The maximum atomic E-state index is 13.9. The highest BCUT2D eigenvalue weighted by atomic mass is 19.1. The highest BCUT2D eigenvalue weighted by Crippen LogP contribution is 2.30. The molecule has 2 rings (SSSR count). The minimum absolute atomic E-state index is 0.0557. The fraction of sp³-hybridized carbons (Fsp3) is 0.600. The first-order valence-corrected chi connectivity index (χ1v) is 6.74. The lowest BCUT2D eigenvalue weighted by Crippen LogP contribution is -2.60. The maximum absolute atomic E-state index is 13.9. The standard InChI is InChI=1S/C15H22F2N2/c1-10-8-18-13(15(2,3)4)9-19(10)14-11(16)6-5-7-12(14)17/h5-7,10,13,18H,8-9H2,1-4H3. The first-order chi connectivity index (χ1) is 8.80. The van der Waals surface area contributed by atoms with Gasteiger partial charge in [-0.25, -0.2) is 8.78 Å². The molecule has 2 unspecified atom stereocenters. The Morgan fingerprint density at radius 3 is 2.32 bits per heavy atom. The van der Waals surface area contributed by atoms with Crippen LogP contribution in [0.25, 0.3) is 0 Å². The Balaban J connectivity index is 2.32. The summed E-state index contributed by atoms with van der Waals surface area (Å²) >= 11 is 0. The number of piperazine rings is 1. The molecule has 1 aliphatic rings. The number of para-hydroxylation sites is 1. The van der Waals surface area contributed by atoms with Gasteiger partial charge in [-0.05, 0) is 24.5 Å². The van der Waals surface area contributed by atoms with Gasteiger partial charge in [-0.3, -0.25) is 0 Å². The number of nitrogens with one attached hydrogen (secondary N) is 1. The fourth-order valence-corrected chi connectivity index (χ4v) is 2.52. The summed E-state index contributed by atoms with van der Waals surface area (Å²) in [5.41, 5.74) is 0.158. The van der Waals surface area contributed by atoms with E-state index in [4.69, 9.17) is 0 Å². The second-order valence-electron chi connectivity index (χ2n) is 6.40. The van der Waals surface area contributed by atoms with Gasteiger partial charge in [0.05, 0.1) is 0 Å². The van der Waals surface area contributed by atoms with Gasteiger partial charge < -0.3 is 10.2 Å². The Hall–Kier alpha value is -1.16. The van der Waals surface area contributed by atoms with Gasteiger partial charge in [-0.2, -0.15) is 0 Å². The minimum atomic E-state index is -0.485.